The molecule has 0 radical (unpaired) electrons. The number of ether oxygens (including phenoxy) is 1. The van der Waals surface area contributed by atoms with Crippen molar-refractivity contribution >= 4 is 21.8 Å². The van der Waals surface area contributed by atoms with Crippen LogP contribution in [0.3, 0.4) is 0 Å². The Morgan fingerprint density at radius 1 is 1.11 bits per heavy atom. The van der Waals surface area contributed by atoms with Gasteiger partial charge in [0, 0.05) is 33.2 Å². The van der Waals surface area contributed by atoms with Gasteiger partial charge < -0.3 is 15.0 Å². The summed E-state index contributed by atoms with van der Waals surface area (Å²) in [5.41, 5.74) is 1.46. The van der Waals surface area contributed by atoms with E-state index in [4.69, 9.17) is 4.74 Å². The molecule has 2 aromatic rings. The van der Waals surface area contributed by atoms with Crippen LogP contribution < -0.4 is 5.32 Å². The maximum absolute atomic E-state index is 13.5. The van der Waals surface area contributed by atoms with Crippen molar-refractivity contribution in [2.75, 3.05) is 33.0 Å². The third-order valence-corrected chi connectivity index (χ3v) is 7.25. The van der Waals surface area contributed by atoms with Crippen LogP contribution >= 0.6 is 0 Å². The van der Waals surface area contributed by atoms with E-state index in [0.717, 1.165) is 29.0 Å². The van der Waals surface area contributed by atoms with Crippen LogP contribution in [-0.2, 0) is 37.3 Å². The van der Waals surface area contributed by atoms with E-state index >= 15 is 0 Å². The van der Waals surface area contributed by atoms with E-state index in [1.807, 2.05) is 30.3 Å². The summed E-state index contributed by atoms with van der Waals surface area (Å²) in [5.74, 6) is -1.31. The highest BCUT2D eigenvalue weighted by molar-refractivity contribution is 7.88. The largest absolute Gasteiger partial charge is 0.376 e. The van der Waals surface area contributed by atoms with Gasteiger partial charge in [-0.2, -0.15) is 4.31 Å². The number of rotatable bonds is 11. The maximum Gasteiger partial charge on any atom is 0.243 e. The summed E-state index contributed by atoms with van der Waals surface area (Å²) in [4.78, 5) is 28.2. The minimum atomic E-state index is -3.62. The van der Waals surface area contributed by atoms with Gasteiger partial charge in [-0.25, -0.2) is 12.8 Å². The first-order valence-corrected chi connectivity index (χ1v) is 13.4. The highest BCUT2D eigenvalue weighted by Crippen LogP contribution is 2.17. The molecule has 1 heterocycles. The molecular formula is C25H32FN3O5S. The fourth-order valence-electron chi connectivity index (χ4n) is 3.88. The molecule has 0 aromatic heterocycles. The molecule has 0 saturated carbocycles. The van der Waals surface area contributed by atoms with E-state index in [0.29, 0.717) is 18.7 Å². The van der Waals surface area contributed by atoms with Crippen LogP contribution in [0.25, 0.3) is 0 Å². The third kappa shape index (κ3) is 8.12. The van der Waals surface area contributed by atoms with E-state index < -0.39 is 34.3 Å². The molecule has 35 heavy (non-hydrogen) atoms. The summed E-state index contributed by atoms with van der Waals surface area (Å²) >= 11 is 0. The molecule has 1 fully saturated rings. The average molecular weight is 506 g/mol. The normalized spacial score (nSPS) is 16.7. The fraction of sp³-hybridized carbons (Fsp3) is 0.440. The Hall–Kier alpha value is -2.82. The van der Waals surface area contributed by atoms with E-state index in [1.54, 1.807) is 12.1 Å². The molecule has 1 aliphatic rings. The van der Waals surface area contributed by atoms with Gasteiger partial charge in [-0.1, -0.05) is 42.5 Å². The Kier molecular flexibility index (Phi) is 9.36. The molecule has 0 bridgehead atoms. The lowest BCUT2D eigenvalue weighted by molar-refractivity contribution is -0.141. The average Bonchev–Trinajstić information content (AvgIpc) is 3.34. The topological polar surface area (TPSA) is 96.0 Å². The number of hydrogen-bond donors (Lipinski definition) is 1. The SMILES string of the molecule is CN(CC(=O)N(Cc1ccc(F)cc1)[C@H](Cc1ccccc1)C(=O)NC[C@H]1CCCO1)S(C)(=O)=O. The van der Waals surface area contributed by atoms with Crippen LogP contribution in [0.4, 0.5) is 4.39 Å². The van der Waals surface area contributed by atoms with Crippen molar-refractivity contribution in [1.82, 2.24) is 14.5 Å². The van der Waals surface area contributed by atoms with Crippen molar-refractivity contribution in [2.45, 2.75) is 38.0 Å². The van der Waals surface area contributed by atoms with E-state index in [-0.39, 0.29) is 25.0 Å². The van der Waals surface area contributed by atoms with Gasteiger partial charge in [0.1, 0.15) is 11.9 Å². The number of nitrogens with one attached hydrogen (secondary N) is 1. The minimum Gasteiger partial charge on any atom is -0.376 e. The molecule has 0 spiro atoms. The summed E-state index contributed by atoms with van der Waals surface area (Å²) in [6.07, 6.45) is 2.95. The number of nitrogens with zero attached hydrogens (tertiary/aromatic N) is 2. The molecule has 190 valence electrons. The molecule has 3 rings (SSSR count). The van der Waals surface area contributed by atoms with Gasteiger partial charge >= 0.3 is 0 Å². The Morgan fingerprint density at radius 3 is 2.40 bits per heavy atom. The number of amides is 2. The second kappa shape index (κ2) is 12.2. The molecule has 2 aromatic carbocycles. The number of carbonyl (C=O) groups is 2. The first-order valence-electron chi connectivity index (χ1n) is 11.5. The monoisotopic (exact) mass is 505 g/mol. The Morgan fingerprint density at radius 2 is 1.80 bits per heavy atom. The third-order valence-electron chi connectivity index (χ3n) is 5.99. The lowest BCUT2D eigenvalue weighted by atomic mass is 10.0. The van der Waals surface area contributed by atoms with Crippen LogP contribution in [0.1, 0.15) is 24.0 Å². The quantitative estimate of drug-likeness (QED) is 0.504. The number of hydrogen-bond acceptors (Lipinski definition) is 5. The van der Waals surface area contributed by atoms with Crippen LogP contribution in [0.15, 0.2) is 54.6 Å². The Balaban J connectivity index is 1.90. The Bertz CT molecular complexity index is 1090. The second-order valence-electron chi connectivity index (χ2n) is 8.75. The zero-order chi connectivity index (χ0) is 25.4. The first kappa shape index (κ1) is 26.8. The van der Waals surface area contributed by atoms with Crippen LogP contribution in [0.5, 0.6) is 0 Å². The van der Waals surface area contributed by atoms with Gasteiger partial charge in [0.15, 0.2) is 0 Å². The summed E-state index contributed by atoms with van der Waals surface area (Å²) in [5, 5.41) is 2.91. The van der Waals surface area contributed by atoms with E-state index in [9.17, 15) is 22.4 Å². The fourth-order valence-corrected chi connectivity index (χ4v) is 4.22. The van der Waals surface area contributed by atoms with Gasteiger partial charge in [-0.3, -0.25) is 9.59 Å². The molecular weight excluding hydrogens is 473 g/mol. The summed E-state index contributed by atoms with van der Waals surface area (Å²) in [6.45, 7) is 0.568. The number of carbonyl (C=O) groups excluding carboxylic acids is 2. The molecule has 1 saturated heterocycles. The van der Waals surface area contributed by atoms with Crippen molar-refractivity contribution in [2.24, 2.45) is 0 Å². The van der Waals surface area contributed by atoms with E-state index in [2.05, 4.69) is 5.32 Å². The van der Waals surface area contributed by atoms with Gasteiger partial charge in [-0.15, -0.1) is 0 Å². The van der Waals surface area contributed by atoms with Crippen LogP contribution in [-0.4, -0.2) is 74.6 Å². The molecule has 2 atom stereocenters. The standard InChI is InChI=1S/C25H32FN3O5S/c1-28(35(2,32)33)18-24(30)29(17-20-10-12-21(26)13-11-20)23(15-19-7-4-3-5-8-19)25(31)27-16-22-9-6-14-34-22/h3-5,7-8,10-13,22-23H,6,9,14-18H2,1-2H3,(H,27,31)/t22-,23-/m1/s1. The number of sulfonamides is 1. The zero-order valence-electron chi connectivity index (χ0n) is 20.0. The van der Waals surface area contributed by atoms with Gasteiger partial charge in [0.05, 0.1) is 18.9 Å². The molecule has 1 N–H and O–H groups in total. The summed E-state index contributed by atoms with van der Waals surface area (Å²) in [7, 11) is -2.30. The molecule has 10 heteroatoms. The molecule has 2 amide bonds. The highest BCUT2D eigenvalue weighted by atomic mass is 32.2. The number of halogens is 1. The number of benzene rings is 2. The van der Waals surface area contributed by atoms with Gasteiger partial charge in [0.2, 0.25) is 21.8 Å². The van der Waals surface area contributed by atoms with Crippen molar-refractivity contribution in [3.8, 4) is 0 Å². The molecule has 0 aliphatic carbocycles. The van der Waals surface area contributed by atoms with Crippen molar-refractivity contribution in [3.05, 3.63) is 71.5 Å². The molecule has 1 aliphatic heterocycles. The lowest BCUT2D eigenvalue weighted by Gasteiger charge is -2.32. The molecule has 8 nitrogen and oxygen atoms in total. The predicted molar refractivity (Wildman–Crippen MR) is 130 cm³/mol. The van der Waals surface area contributed by atoms with Crippen molar-refractivity contribution in [3.63, 3.8) is 0 Å². The lowest BCUT2D eigenvalue weighted by Crippen LogP contribution is -2.53. The number of likely N-dealkylation sites (N-methyl/N-ethyl adjacent to an activating group) is 1. The highest BCUT2D eigenvalue weighted by Gasteiger charge is 2.32. The van der Waals surface area contributed by atoms with Gasteiger partial charge in [0.25, 0.3) is 0 Å². The van der Waals surface area contributed by atoms with Gasteiger partial charge in [-0.05, 0) is 36.1 Å². The van der Waals surface area contributed by atoms with E-state index in [1.165, 1.54) is 24.1 Å². The second-order valence-corrected chi connectivity index (χ2v) is 10.8. The maximum atomic E-state index is 13.5. The van der Waals surface area contributed by atoms with Crippen molar-refractivity contribution in [1.29, 1.82) is 0 Å². The predicted octanol–water partition coefficient (Wildman–Crippen LogP) is 1.95. The van der Waals surface area contributed by atoms with Crippen LogP contribution in [0.2, 0.25) is 0 Å². The molecule has 0 unspecified atom stereocenters. The minimum absolute atomic E-state index is 0.0154. The zero-order valence-corrected chi connectivity index (χ0v) is 20.8. The van der Waals surface area contributed by atoms with Crippen LogP contribution in [0, 0.1) is 5.82 Å². The summed E-state index contributed by atoms with van der Waals surface area (Å²) in [6, 6.07) is 14.0. The van der Waals surface area contributed by atoms with Crippen molar-refractivity contribution < 1.29 is 27.1 Å². The Labute approximate surface area is 206 Å². The first-order chi connectivity index (χ1) is 16.6. The summed E-state index contributed by atoms with van der Waals surface area (Å²) < 4.78 is 43.9. The smallest absolute Gasteiger partial charge is 0.243 e.